The van der Waals surface area contributed by atoms with Crippen LogP contribution in [0.15, 0.2) is 42.5 Å². The van der Waals surface area contributed by atoms with Crippen LogP contribution in [0.5, 0.6) is 11.5 Å². The molecule has 6 heteroatoms. The SMILES string of the molecule is CCC(C)NC(=O)C(C)N(Cc1cccc(OC)c1)C(=O)COc1cc(C)ccc1C. The molecule has 168 valence electrons. The monoisotopic (exact) mass is 426 g/mol. The summed E-state index contributed by atoms with van der Waals surface area (Å²) in [7, 11) is 1.60. The normalized spacial score (nSPS) is 12.6. The number of aryl methyl sites for hydroxylation is 2. The molecule has 0 saturated carbocycles. The van der Waals surface area contributed by atoms with Gasteiger partial charge in [0.2, 0.25) is 5.91 Å². The van der Waals surface area contributed by atoms with E-state index in [0.717, 1.165) is 23.1 Å². The highest BCUT2D eigenvalue weighted by Crippen LogP contribution is 2.20. The van der Waals surface area contributed by atoms with Crippen LogP contribution in [0.4, 0.5) is 0 Å². The van der Waals surface area contributed by atoms with E-state index in [1.54, 1.807) is 18.9 Å². The van der Waals surface area contributed by atoms with Gasteiger partial charge in [-0.1, -0.05) is 31.2 Å². The van der Waals surface area contributed by atoms with Crippen LogP contribution in [-0.2, 0) is 16.1 Å². The second kappa shape index (κ2) is 11.4. The van der Waals surface area contributed by atoms with Crippen molar-refractivity contribution in [1.82, 2.24) is 10.2 Å². The van der Waals surface area contributed by atoms with Crippen molar-refractivity contribution >= 4 is 11.8 Å². The fourth-order valence-electron chi connectivity index (χ4n) is 3.10. The summed E-state index contributed by atoms with van der Waals surface area (Å²) in [6, 6.07) is 12.8. The number of carbonyl (C=O) groups excluding carboxylic acids is 2. The van der Waals surface area contributed by atoms with E-state index < -0.39 is 6.04 Å². The summed E-state index contributed by atoms with van der Waals surface area (Å²) in [5, 5.41) is 2.97. The second-order valence-corrected chi connectivity index (χ2v) is 7.92. The van der Waals surface area contributed by atoms with Gasteiger partial charge in [0, 0.05) is 12.6 Å². The lowest BCUT2D eigenvalue weighted by atomic mass is 10.1. The summed E-state index contributed by atoms with van der Waals surface area (Å²) >= 11 is 0. The van der Waals surface area contributed by atoms with Crippen LogP contribution in [0.3, 0.4) is 0 Å². The Morgan fingerprint density at radius 2 is 1.84 bits per heavy atom. The van der Waals surface area contributed by atoms with Gasteiger partial charge in [-0.2, -0.15) is 0 Å². The standard InChI is InChI=1S/C25H34N2O4/c1-7-19(4)26-25(29)20(5)27(15-21-9-8-10-22(14-21)30-6)24(28)16-31-23-13-17(2)11-12-18(23)3/h8-14,19-20H,7,15-16H2,1-6H3,(H,26,29). The maximum atomic E-state index is 13.2. The first kappa shape index (κ1) is 24.3. The van der Waals surface area contributed by atoms with Gasteiger partial charge in [0.25, 0.3) is 5.91 Å². The molecule has 31 heavy (non-hydrogen) atoms. The van der Waals surface area contributed by atoms with Gasteiger partial charge in [0.05, 0.1) is 7.11 Å². The molecule has 2 amide bonds. The third-order valence-corrected chi connectivity index (χ3v) is 5.35. The Hall–Kier alpha value is -3.02. The van der Waals surface area contributed by atoms with Crippen molar-refractivity contribution < 1.29 is 19.1 Å². The molecule has 1 N–H and O–H groups in total. The fourth-order valence-corrected chi connectivity index (χ4v) is 3.10. The molecule has 2 atom stereocenters. The van der Waals surface area contributed by atoms with E-state index >= 15 is 0 Å². The Morgan fingerprint density at radius 3 is 2.52 bits per heavy atom. The fraction of sp³-hybridized carbons (Fsp3) is 0.440. The Balaban J connectivity index is 2.21. The maximum Gasteiger partial charge on any atom is 0.261 e. The number of hydrogen-bond donors (Lipinski definition) is 1. The lowest BCUT2D eigenvalue weighted by Gasteiger charge is -2.29. The van der Waals surface area contributed by atoms with Gasteiger partial charge < -0.3 is 19.7 Å². The first-order chi connectivity index (χ1) is 14.7. The molecule has 0 aliphatic heterocycles. The van der Waals surface area contributed by atoms with Crippen LogP contribution >= 0.6 is 0 Å². The molecule has 2 aromatic carbocycles. The zero-order valence-corrected chi connectivity index (χ0v) is 19.4. The predicted molar refractivity (Wildman–Crippen MR) is 122 cm³/mol. The van der Waals surface area contributed by atoms with Gasteiger partial charge >= 0.3 is 0 Å². The number of benzene rings is 2. The summed E-state index contributed by atoms with van der Waals surface area (Å²) in [4.78, 5) is 27.5. The largest absolute Gasteiger partial charge is 0.497 e. The lowest BCUT2D eigenvalue weighted by Crippen LogP contribution is -2.50. The minimum atomic E-state index is -0.644. The summed E-state index contributed by atoms with van der Waals surface area (Å²) in [6.07, 6.45) is 0.817. The average molecular weight is 427 g/mol. The number of carbonyl (C=O) groups is 2. The molecule has 0 fully saturated rings. The van der Waals surface area contributed by atoms with E-state index in [9.17, 15) is 9.59 Å². The number of hydrogen-bond acceptors (Lipinski definition) is 4. The molecule has 0 bridgehead atoms. The summed E-state index contributed by atoms with van der Waals surface area (Å²) in [6.45, 7) is 9.75. The highest BCUT2D eigenvalue weighted by atomic mass is 16.5. The molecule has 0 aliphatic rings. The van der Waals surface area contributed by atoms with Crippen molar-refractivity contribution in [3.63, 3.8) is 0 Å². The predicted octanol–water partition coefficient (Wildman–Crippen LogP) is 4.02. The zero-order valence-electron chi connectivity index (χ0n) is 19.4. The van der Waals surface area contributed by atoms with Gasteiger partial charge in [0.1, 0.15) is 17.5 Å². The molecular formula is C25H34N2O4. The van der Waals surface area contributed by atoms with Crippen LogP contribution in [0.1, 0.15) is 43.9 Å². The molecular weight excluding hydrogens is 392 g/mol. The van der Waals surface area contributed by atoms with E-state index in [0.29, 0.717) is 11.5 Å². The summed E-state index contributed by atoms with van der Waals surface area (Å²) in [5.74, 6) is 0.937. The third kappa shape index (κ3) is 7.02. The molecule has 0 aliphatic carbocycles. The first-order valence-electron chi connectivity index (χ1n) is 10.7. The molecule has 2 rings (SSSR count). The zero-order chi connectivity index (χ0) is 23.0. The van der Waals surface area contributed by atoms with E-state index in [1.807, 2.05) is 70.2 Å². The molecule has 2 aromatic rings. The third-order valence-electron chi connectivity index (χ3n) is 5.35. The van der Waals surface area contributed by atoms with Gasteiger partial charge in [-0.3, -0.25) is 9.59 Å². The number of methoxy groups -OCH3 is 1. The van der Waals surface area contributed by atoms with E-state index in [-0.39, 0.29) is 31.0 Å². The van der Waals surface area contributed by atoms with Crippen LogP contribution in [0, 0.1) is 13.8 Å². The highest BCUT2D eigenvalue weighted by molar-refractivity contribution is 5.88. The van der Waals surface area contributed by atoms with E-state index in [2.05, 4.69) is 5.32 Å². The highest BCUT2D eigenvalue weighted by Gasteiger charge is 2.27. The van der Waals surface area contributed by atoms with Crippen LogP contribution in [0.2, 0.25) is 0 Å². The maximum absolute atomic E-state index is 13.2. The average Bonchev–Trinajstić information content (AvgIpc) is 2.77. The van der Waals surface area contributed by atoms with Crippen molar-refractivity contribution in [2.24, 2.45) is 0 Å². The molecule has 0 aromatic heterocycles. The van der Waals surface area contributed by atoms with Crippen molar-refractivity contribution in [3.8, 4) is 11.5 Å². The number of ether oxygens (including phenoxy) is 2. The van der Waals surface area contributed by atoms with Gasteiger partial charge in [-0.15, -0.1) is 0 Å². The first-order valence-corrected chi connectivity index (χ1v) is 10.7. The van der Waals surface area contributed by atoms with Crippen molar-refractivity contribution in [2.75, 3.05) is 13.7 Å². The number of nitrogens with zero attached hydrogens (tertiary/aromatic N) is 1. The quantitative estimate of drug-likeness (QED) is 0.623. The molecule has 0 heterocycles. The van der Waals surface area contributed by atoms with Gasteiger partial charge in [-0.05, 0) is 69.0 Å². The minimum absolute atomic E-state index is 0.0370. The molecule has 0 spiro atoms. The molecule has 2 unspecified atom stereocenters. The molecule has 6 nitrogen and oxygen atoms in total. The Bertz CT molecular complexity index is 897. The lowest BCUT2D eigenvalue weighted by molar-refractivity contribution is -0.142. The number of amides is 2. The van der Waals surface area contributed by atoms with Crippen LogP contribution in [-0.4, -0.2) is 42.5 Å². The smallest absolute Gasteiger partial charge is 0.261 e. The second-order valence-electron chi connectivity index (χ2n) is 7.92. The van der Waals surface area contributed by atoms with Crippen LogP contribution < -0.4 is 14.8 Å². The summed E-state index contributed by atoms with van der Waals surface area (Å²) < 4.78 is 11.1. The number of nitrogens with one attached hydrogen (secondary N) is 1. The van der Waals surface area contributed by atoms with Gasteiger partial charge in [-0.25, -0.2) is 0 Å². The Morgan fingerprint density at radius 1 is 1.10 bits per heavy atom. The molecule has 0 saturated heterocycles. The van der Waals surface area contributed by atoms with Crippen molar-refractivity contribution in [1.29, 1.82) is 0 Å². The van der Waals surface area contributed by atoms with Crippen molar-refractivity contribution in [2.45, 2.75) is 59.7 Å². The molecule has 0 radical (unpaired) electrons. The topological polar surface area (TPSA) is 67.9 Å². The van der Waals surface area contributed by atoms with Gasteiger partial charge in [0.15, 0.2) is 6.61 Å². The number of rotatable bonds is 10. The van der Waals surface area contributed by atoms with Crippen LogP contribution in [0.25, 0.3) is 0 Å². The van der Waals surface area contributed by atoms with Crippen molar-refractivity contribution in [3.05, 3.63) is 59.2 Å². The van der Waals surface area contributed by atoms with E-state index in [1.165, 1.54) is 0 Å². The Kier molecular flexibility index (Phi) is 8.91. The minimum Gasteiger partial charge on any atom is -0.497 e. The summed E-state index contributed by atoms with van der Waals surface area (Å²) in [5.41, 5.74) is 2.89. The Labute approximate surface area is 185 Å². The van der Waals surface area contributed by atoms with E-state index in [4.69, 9.17) is 9.47 Å².